The second-order valence-corrected chi connectivity index (χ2v) is 11.6. The van der Waals surface area contributed by atoms with Gasteiger partial charge in [0.25, 0.3) is 5.82 Å². The van der Waals surface area contributed by atoms with Crippen LogP contribution in [0.15, 0.2) is 12.4 Å². The molecular weight excluding hydrogens is 436 g/mol. The number of rotatable bonds is 28. The first-order valence-electron chi connectivity index (χ1n) is 16.9. The summed E-state index contributed by atoms with van der Waals surface area (Å²) in [6.45, 7) is 9.23. The van der Waals surface area contributed by atoms with Crippen molar-refractivity contribution < 1.29 is 4.57 Å². The molecule has 1 aromatic heterocycles. The van der Waals surface area contributed by atoms with Crippen LogP contribution in [0.4, 0.5) is 0 Å². The molecule has 1 heterocycles. The molecule has 2 nitrogen and oxygen atoms in total. The molecule has 1 aromatic rings. The molecular formula is C34H67N2+. The van der Waals surface area contributed by atoms with Crippen LogP contribution in [0.3, 0.4) is 0 Å². The van der Waals surface area contributed by atoms with E-state index in [1.54, 1.807) is 5.82 Å². The van der Waals surface area contributed by atoms with Gasteiger partial charge in [0.2, 0.25) is 0 Å². The van der Waals surface area contributed by atoms with Gasteiger partial charge in [0.05, 0.1) is 13.1 Å². The SMILES string of the molecule is CCCCCCCCCCCCCCCCc1n(CC)cc[n+]1CCCCCCCCCCCCC. The summed E-state index contributed by atoms with van der Waals surface area (Å²) in [6.07, 6.45) is 41.8. The third kappa shape index (κ3) is 18.5. The van der Waals surface area contributed by atoms with Crippen LogP contribution in [-0.4, -0.2) is 4.57 Å². The Balaban J connectivity index is 2.02. The van der Waals surface area contributed by atoms with E-state index in [0.29, 0.717) is 0 Å². The first kappa shape index (κ1) is 33.2. The van der Waals surface area contributed by atoms with Crippen LogP contribution in [0.2, 0.25) is 0 Å². The number of unbranched alkanes of at least 4 members (excludes halogenated alkanes) is 23. The van der Waals surface area contributed by atoms with Gasteiger partial charge < -0.3 is 0 Å². The van der Waals surface area contributed by atoms with Gasteiger partial charge >= 0.3 is 0 Å². The molecule has 36 heavy (non-hydrogen) atoms. The summed E-state index contributed by atoms with van der Waals surface area (Å²) in [5.74, 6) is 1.57. The molecule has 0 spiro atoms. The zero-order valence-electron chi connectivity index (χ0n) is 25.3. The molecule has 0 unspecified atom stereocenters. The van der Waals surface area contributed by atoms with Gasteiger partial charge in [0, 0.05) is 6.42 Å². The fourth-order valence-corrected chi connectivity index (χ4v) is 5.70. The van der Waals surface area contributed by atoms with Crippen LogP contribution in [0, 0.1) is 0 Å². The van der Waals surface area contributed by atoms with Crippen molar-refractivity contribution in [2.45, 2.75) is 201 Å². The van der Waals surface area contributed by atoms with Gasteiger partial charge in [-0.15, -0.1) is 0 Å². The monoisotopic (exact) mass is 504 g/mol. The molecule has 0 fully saturated rings. The summed E-state index contributed by atoms with van der Waals surface area (Å²) in [4.78, 5) is 0. The third-order valence-corrected chi connectivity index (χ3v) is 8.19. The normalized spacial score (nSPS) is 11.5. The number of hydrogen-bond donors (Lipinski definition) is 0. The van der Waals surface area contributed by atoms with E-state index in [1.807, 2.05) is 0 Å². The van der Waals surface area contributed by atoms with Crippen LogP contribution in [0.5, 0.6) is 0 Å². The van der Waals surface area contributed by atoms with Crippen LogP contribution >= 0.6 is 0 Å². The predicted molar refractivity (Wildman–Crippen MR) is 161 cm³/mol. The zero-order valence-corrected chi connectivity index (χ0v) is 25.3. The number of aromatic nitrogens is 2. The fourth-order valence-electron chi connectivity index (χ4n) is 5.70. The molecule has 0 atom stereocenters. The van der Waals surface area contributed by atoms with Gasteiger partial charge in [-0.25, -0.2) is 9.13 Å². The molecule has 0 N–H and O–H groups in total. The Kier molecular flexibility index (Phi) is 23.9. The van der Waals surface area contributed by atoms with E-state index in [0.717, 1.165) is 6.54 Å². The van der Waals surface area contributed by atoms with Crippen molar-refractivity contribution in [1.29, 1.82) is 0 Å². The molecule has 0 aliphatic rings. The van der Waals surface area contributed by atoms with Gasteiger partial charge in [-0.1, -0.05) is 155 Å². The Morgan fingerprint density at radius 2 is 0.833 bits per heavy atom. The van der Waals surface area contributed by atoms with Crippen molar-refractivity contribution in [3.8, 4) is 0 Å². The van der Waals surface area contributed by atoms with E-state index >= 15 is 0 Å². The lowest BCUT2D eigenvalue weighted by Crippen LogP contribution is -2.37. The van der Waals surface area contributed by atoms with Crippen molar-refractivity contribution in [2.75, 3.05) is 0 Å². The molecule has 0 amide bonds. The minimum Gasteiger partial charge on any atom is -0.235 e. The summed E-state index contributed by atoms with van der Waals surface area (Å²) in [5.41, 5.74) is 0. The summed E-state index contributed by atoms with van der Waals surface area (Å²) >= 11 is 0. The Morgan fingerprint density at radius 3 is 1.22 bits per heavy atom. The molecule has 212 valence electrons. The van der Waals surface area contributed by atoms with Gasteiger partial charge in [0.15, 0.2) is 0 Å². The zero-order chi connectivity index (χ0) is 25.9. The topological polar surface area (TPSA) is 8.81 Å². The lowest BCUT2D eigenvalue weighted by Gasteiger charge is -2.06. The Bertz CT molecular complexity index is 562. The molecule has 0 bridgehead atoms. The van der Waals surface area contributed by atoms with Crippen LogP contribution in [0.25, 0.3) is 0 Å². The van der Waals surface area contributed by atoms with E-state index < -0.39 is 0 Å². The van der Waals surface area contributed by atoms with Crippen LogP contribution in [-0.2, 0) is 19.5 Å². The van der Waals surface area contributed by atoms with E-state index in [1.165, 1.54) is 173 Å². The maximum Gasteiger partial charge on any atom is 0.256 e. The van der Waals surface area contributed by atoms with Crippen LogP contribution < -0.4 is 4.57 Å². The first-order valence-corrected chi connectivity index (χ1v) is 16.9. The van der Waals surface area contributed by atoms with Gasteiger partial charge in [-0.2, -0.15) is 0 Å². The lowest BCUT2D eigenvalue weighted by atomic mass is 10.0. The average molecular weight is 504 g/mol. The quantitative estimate of drug-likeness (QED) is 0.0794. The first-order chi connectivity index (χ1) is 17.8. The van der Waals surface area contributed by atoms with E-state index in [-0.39, 0.29) is 0 Å². The molecule has 0 aliphatic carbocycles. The van der Waals surface area contributed by atoms with E-state index in [2.05, 4.69) is 42.3 Å². The second kappa shape index (κ2) is 25.8. The van der Waals surface area contributed by atoms with Crippen molar-refractivity contribution in [2.24, 2.45) is 0 Å². The third-order valence-electron chi connectivity index (χ3n) is 8.19. The summed E-state index contributed by atoms with van der Waals surface area (Å²) in [6, 6.07) is 0. The van der Waals surface area contributed by atoms with Crippen LogP contribution in [0.1, 0.15) is 187 Å². The van der Waals surface area contributed by atoms with Crippen molar-refractivity contribution in [3.05, 3.63) is 18.2 Å². The molecule has 0 saturated carbocycles. The van der Waals surface area contributed by atoms with Gasteiger partial charge in [-0.3, -0.25) is 0 Å². The van der Waals surface area contributed by atoms with Crippen molar-refractivity contribution >= 4 is 0 Å². The maximum absolute atomic E-state index is 2.57. The smallest absolute Gasteiger partial charge is 0.235 e. The molecule has 0 aliphatic heterocycles. The highest BCUT2D eigenvalue weighted by molar-refractivity contribution is 4.83. The van der Waals surface area contributed by atoms with E-state index in [9.17, 15) is 0 Å². The largest absolute Gasteiger partial charge is 0.256 e. The number of aryl methyl sites for hydroxylation is 2. The fraction of sp³-hybridized carbons (Fsp3) is 0.912. The Labute approximate surface area is 228 Å². The summed E-state index contributed by atoms with van der Waals surface area (Å²) in [5, 5.41) is 0. The minimum absolute atomic E-state index is 1.11. The molecule has 0 saturated heterocycles. The van der Waals surface area contributed by atoms with Crippen molar-refractivity contribution in [1.82, 2.24) is 4.57 Å². The summed E-state index contributed by atoms with van der Waals surface area (Å²) in [7, 11) is 0. The predicted octanol–water partition coefficient (Wildman–Crippen LogP) is 11.1. The second-order valence-electron chi connectivity index (χ2n) is 11.6. The van der Waals surface area contributed by atoms with Gasteiger partial charge in [0.1, 0.15) is 12.4 Å². The highest BCUT2D eigenvalue weighted by atomic mass is 15.1. The molecule has 0 radical (unpaired) electrons. The maximum atomic E-state index is 2.57. The average Bonchev–Trinajstić information content (AvgIpc) is 3.29. The highest BCUT2D eigenvalue weighted by Gasteiger charge is 2.15. The molecule has 2 heteroatoms. The summed E-state index contributed by atoms with van der Waals surface area (Å²) < 4.78 is 5.06. The number of hydrogen-bond acceptors (Lipinski definition) is 0. The molecule has 0 aromatic carbocycles. The Hall–Kier alpha value is -0.790. The lowest BCUT2D eigenvalue weighted by molar-refractivity contribution is -0.704. The number of imidazole rings is 1. The van der Waals surface area contributed by atoms with Crippen molar-refractivity contribution in [3.63, 3.8) is 0 Å². The highest BCUT2D eigenvalue weighted by Crippen LogP contribution is 2.14. The standard InChI is InChI=1S/C34H67N2/c1-4-7-9-11-13-15-17-18-19-20-22-24-26-28-30-34-35(6-3)32-33-36(34)31-29-27-25-23-21-16-14-12-10-8-5-2/h32-33H,4-31H2,1-3H3/q+1. The Morgan fingerprint density at radius 1 is 0.472 bits per heavy atom. The minimum atomic E-state index is 1.11. The molecule has 1 rings (SSSR count). The van der Waals surface area contributed by atoms with Gasteiger partial charge in [-0.05, 0) is 26.2 Å². The van der Waals surface area contributed by atoms with E-state index in [4.69, 9.17) is 0 Å². The number of nitrogens with zero attached hydrogens (tertiary/aromatic N) is 2.